The lowest BCUT2D eigenvalue weighted by Gasteiger charge is -2.32. The van der Waals surface area contributed by atoms with E-state index in [2.05, 4.69) is 20.1 Å². The maximum Gasteiger partial charge on any atom is 0.227 e. The summed E-state index contributed by atoms with van der Waals surface area (Å²) in [5.41, 5.74) is 0.609. The fourth-order valence-corrected chi connectivity index (χ4v) is 6.96. The first kappa shape index (κ1) is 20.7. The Morgan fingerprint density at radius 2 is 2.24 bits per heavy atom. The van der Waals surface area contributed by atoms with Crippen LogP contribution in [0.3, 0.4) is 0 Å². The molecule has 0 aromatic carbocycles. The van der Waals surface area contributed by atoms with Crippen molar-refractivity contribution in [3.8, 4) is 11.5 Å². The topological polar surface area (TPSA) is 85.0 Å². The predicted molar refractivity (Wildman–Crippen MR) is 115 cm³/mol. The molecule has 2 aromatic rings. The van der Waals surface area contributed by atoms with E-state index in [0.29, 0.717) is 42.1 Å². The Morgan fingerprint density at radius 1 is 1.28 bits per heavy atom. The number of piperidine rings is 1. The van der Waals surface area contributed by atoms with Crippen molar-refractivity contribution < 1.29 is 9.32 Å². The largest absolute Gasteiger partial charge is 0.342 e. The van der Waals surface area contributed by atoms with Crippen LogP contribution in [-0.4, -0.2) is 55.0 Å². The molecule has 156 valence electrons. The van der Waals surface area contributed by atoms with Crippen LogP contribution in [0.15, 0.2) is 23.1 Å². The fraction of sp³-hybridized carbons (Fsp3) is 0.650. The Kier molecular flexibility index (Phi) is 7.43. The number of likely N-dealkylation sites (tertiary alicyclic amines) is 1. The molecule has 0 spiro atoms. The van der Waals surface area contributed by atoms with Crippen molar-refractivity contribution in [2.75, 3.05) is 18.8 Å². The lowest BCUT2D eigenvalue weighted by molar-refractivity contribution is -0.133. The number of carbonyl (C=O) groups is 1. The van der Waals surface area contributed by atoms with Crippen molar-refractivity contribution in [2.45, 2.75) is 56.6 Å². The summed E-state index contributed by atoms with van der Waals surface area (Å²) in [5, 5.41) is 4.82. The Labute approximate surface area is 179 Å². The van der Waals surface area contributed by atoms with Gasteiger partial charge in [0, 0.05) is 49.3 Å². The smallest absolute Gasteiger partial charge is 0.227 e. The fourth-order valence-electron chi connectivity index (χ4n) is 3.93. The van der Waals surface area contributed by atoms with Crippen molar-refractivity contribution in [1.29, 1.82) is 0 Å². The molecule has 0 aliphatic carbocycles. The Hall–Kier alpha value is -1.61. The van der Waals surface area contributed by atoms with Crippen LogP contribution in [0.1, 0.15) is 50.8 Å². The number of hydrogen-bond donors (Lipinski definition) is 0. The molecule has 2 saturated heterocycles. The molecular formula is C20H27N5O2S2. The highest BCUT2D eigenvalue weighted by atomic mass is 33.1. The van der Waals surface area contributed by atoms with Crippen LogP contribution in [0.4, 0.5) is 0 Å². The minimum atomic E-state index is 0.300. The van der Waals surface area contributed by atoms with Gasteiger partial charge in [-0.3, -0.25) is 9.78 Å². The van der Waals surface area contributed by atoms with Crippen LogP contribution in [0.5, 0.6) is 0 Å². The summed E-state index contributed by atoms with van der Waals surface area (Å²) in [6.45, 7) is 1.66. The van der Waals surface area contributed by atoms with E-state index in [-0.39, 0.29) is 0 Å². The van der Waals surface area contributed by atoms with Crippen molar-refractivity contribution >= 4 is 27.5 Å². The highest BCUT2D eigenvalue weighted by Crippen LogP contribution is 2.39. The normalized spacial score (nSPS) is 22.1. The van der Waals surface area contributed by atoms with Gasteiger partial charge in [0.15, 0.2) is 0 Å². The predicted octanol–water partition coefficient (Wildman–Crippen LogP) is 4.02. The first-order chi connectivity index (χ1) is 14.3. The number of hydrogen-bond acceptors (Lipinski definition) is 8. The molecule has 2 aromatic heterocycles. The van der Waals surface area contributed by atoms with Crippen molar-refractivity contribution in [1.82, 2.24) is 25.0 Å². The van der Waals surface area contributed by atoms with Gasteiger partial charge in [0.25, 0.3) is 0 Å². The average Bonchev–Trinajstić information content (AvgIpc) is 3.44. The van der Waals surface area contributed by atoms with Crippen LogP contribution >= 0.6 is 21.6 Å². The van der Waals surface area contributed by atoms with E-state index in [9.17, 15) is 4.79 Å². The lowest BCUT2D eigenvalue weighted by atomic mass is 9.94. The van der Waals surface area contributed by atoms with E-state index in [1.54, 1.807) is 18.6 Å². The standard InChI is InChI=1S/C20H27N5O2S2/c26-19(6-2-1-5-16-7-11-28-29-16)25-10-3-4-15(14-25)12-18-23-20(24-27-18)17-13-21-8-9-22-17/h8-9,13,15-16H,1-7,10-12,14H2/t15-,16-/m0/s1. The minimum Gasteiger partial charge on any atom is -0.342 e. The number of unbranched alkanes of at least 4 members (excludes halogenated alkanes) is 1. The number of nitrogens with zero attached hydrogens (tertiary/aromatic N) is 5. The summed E-state index contributed by atoms with van der Waals surface area (Å²) in [6, 6.07) is 0. The molecular weight excluding hydrogens is 406 g/mol. The molecule has 0 bridgehead atoms. The van der Waals surface area contributed by atoms with Gasteiger partial charge in [0.05, 0.1) is 6.20 Å². The monoisotopic (exact) mass is 433 g/mol. The highest BCUT2D eigenvalue weighted by molar-refractivity contribution is 8.77. The number of amides is 1. The van der Waals surface area contributed by atoms with E-state index in [4.69, 9.17) is 4.52 Å². The van der Waals surface area contributed by atoms with Gasteiger partial charge in [-0.2, -0.15) is 4.98 Å². The van der Waals surface area contributed by atoms with Gasteiger partial charge in [-0.15, -0.1) is 0 Å². The Bertz CT molecular complexity index is 782. The molecule has 29 heavy (non-hydrogen) atoms. The molecule has 9 heteroatoms. The van der Waals surface area contributed by atoms with E-state index >= 15 is 0 Å². The van der Waals surface area contributed by atoms with Gasteiger partial charge in [-0.25, -0.2) is 4.98 Å². The zero-order valence-corrected chi connectivity index (χ0v) is 18.2. The van der Waals surface area contributed by atoms with Crippen molar-refractivity contribution in [3.05, 3.63) is 24.5 Å². The third-order valence-corrected chi connectivity index (χ3v) is 8.50. The average molecular weight is 434 g/mol. The molecule has 0 saturated carbocycles. The summed E-state index contributed by atoms with van der Waals surface area (Å²) in [6.07, 6.45) is 13.1. The maximum atomic E-state index is 12.6. The van der Waals surface area contributed by atoms with Gasteiger partial charge in [0.2, 0.25) is 17.6 Å². The Balaban J connectivity index is 1.22. The van der Waals surface area contributed by atoms with Crippen LogP contribution in [0.25, 0.3) is 11.5 Å². The molecule has 4 heterocycles. The summed E-state index contributed by atoms with van der Waals surface area (Å²) in [5.74, 6) is 3.03. The zero-order valence-electron chi connectivity index (χ0n) is 16.5. The Morgan fingerprint density at radius 3 is 3.07 bits per heavy atom. The minimum absolute atomic E-state index is 0.300. The molecule has 7 nitrogen and oxygen atoms in total. The molecule has 2 fully saturated rings. The van der Waals surface area contributed by atoms with E-state index in [0.717, 1.165) is 44.0 Å². The van der Waals surface area contributed by atoms with Crippen molar-refractivity contribution in [2.24, 2.45) is 5.92 Å². The summed E-state index contributed by atoms with van der Waals surface area (Å²) >= 11 is 0. The van der Waals surface area contributed by atoms with Gasteiger partial charge < -0.3 is 9.42 Å². The van der Waals surface area contributed by atoms with Gasteiger partial charge in [-0.05, 0) is 38.0 Å². The molecule has 0 unspecified atom stereocenters. The van der Waals surface area contributed by atoms with Gasteiger partial charge >= 0.3 is 0 Å². The quantitative estimate of drug-likeness (QED) is 0.456. The molecule has 2 aliphatic heterocycles. The first-order valence-corrected chi connectivity index (χ1v) is 12.8. The molecule has 4 rings (SSSR count). The second-order valence-electron chi connectivity index (χ2n) is 7.73. The molecule has 2 aliphatic rings. The molecule has 0 N–H and O–H groups in total. The second-order valence-corrected chi connectivity index (χ2v) is 10.5. The van der Waals surface area contributed by atoms with E-state index < -0.39 is 0 Å². The van der Waals surface area contributed by atoms with Crippen LogP contribution in [-0.2, 0) is 11.2 Å². The summed E-state index contributed by atoms with van der Waals surface area (Å²) in [4.78, 5) is 27.4. The zero-order chi connectivity index (χ0) is 19.9. The summed E-state index contributed by atoms with van der Waals surface area (Å²) in [7, 11) is 4.01. The molecule has 1 amide bonds. The first-order valence-electron chi connectivity index (χ1n) is 10.4. The summed E-state index contributed by atoms with van der Waals surface area (Å²) < 4.78 is 5.41. The van der Waals surface area contributed by atoms with Crippen molar-refractivity contribution in [3.63, 3.8) is 0 Å². The number of aromatic nitrogens is 4. The third kappa shape index (κ3) is 5.94. The molecule has 2 atom stereocenters. The maximum absolute atomic E-state index is 12.6. The highest BCUT2D eigenvalue weighted by Gasteiger charge is 2.25. The SMILES string of the molecule is O=C(CCCC[C@H]1CCSS1)N1CCC[C@@H](Cc2nc(-c3cnccn3)no2)C1. The third-order valence-electron chi connectivity index (χ3n) is 5.49. The van der Waals surface area contributed by atoms with Crippen LogP contribution < -0.4 is 0 Å². The molecule has 0 radical (unpaired) electrons. The number of carbonyl (C=O) groups excluding carboxylic acids is 1. The number of rotatable bonds is 8. The van der Waals surface area contributed by atoms with Gasteiger partial charge in [-0.1, -0.05) is 33.2 Å². The lowest BCUT2D eigenvalue weighted by Crippen LogP contribution is -2.40. The van der Waals surface area contributed by atoms with E-state index in [1.165, 1.54) is 18.6 Å². The van der Waals surface area contributed by atoms with Gasteiger partial charge in [0.1, 0.15) is 5.69 Å². The second kappa shape index (κ2) is 10.4. The van der Waals surface area contributed by atoms with Crippen LogP contribution in [0, 0.1) is 5.92 Å². The van der Waals surface area contributed by atoms with E-state index in [1.807, 2.05) is 26.5 Å². The van der Waals surface area contributed by atoms with Crippen LogP contribution in [0.2, 0.25) is 0 Å².